The minimum atomic E-state index is 0.663. The van der Waals surface area contributed by atoms with Crippen LogP contribution in [0.25, 0.3) is 10.1 Å². The second-order valence-electron chi connectivity index (χ2n) is 7.73. The third kappa shape index (κ3) is 3.48. The van der Waals surface area contributed by atoms with Gasteiger partial charge in [-0.1, -0.05) is 38.2 Å². The van der Waals surface area contributed by atoms with Gasteiger partial charge in [0, 0.05) is 41.4 Å². The first-order valence-electron chi connectivity index (χ1n) is 9.76. The molecule has 0 amide bonds. The Hall–Kier alpha value is -1.06. The number of piperazine rings is 1. The molecule has 1 saturated carbocycles. The van der Waals surface area contributed by atoms with Crippen LogP contribution in [-0.4, -0.2) is 37.1 Å². The zero-order chi connectivity index (χ0) is 16.4. The summed E-state index contributed by atoms with van der Waals surface area (Å²) < 4.78 is 1.42. The lowest BCUT2D eigenvalue weighted by Gasteiger charge is -2.42. The molecule has 2 aromatic rings. The number of fused-ring (bicyclic) bond motifs is 1. The van der Waals surface area contributed by atoms with Crippen molar-refractivity contribution in [1.29, 1.82) is 0 Å². The van der Waals surface area contributed by atoms with Crippen molar-refractivity contribution < 1.29 is 0 Å². The fraction of sp³-hybridized carbons (Fsp3) is 0.619. The standard InChI is InChI=1S/C21H30N2S/c1-17-16-23(20-8-5-9-21-19(20)11-15-24-21)14-13-22(17)12-10-18-6-3-2-4-7-18/h5,8-9,11,15,17-18H,2-4,6-7,10,12-14,16H2,1H3/t17-/m1/s1. The van der Waals surface area contributed by atoms with E-state index in [-0.39, 0.29) is 0 Å². The zero-order valence-electron chi connectivity index (χ0n) is 14.9. The van der Waals surface area contributed by atoms with Gasteiger partial charge in [0.25, 0.3) is 0 Å². The van der Waals surface area contributed by atoms with Gasteiger partial charge in [-0.3, -0.25) is 4.90 Å². The first-order chi connectivity index (χ1) is 11.8. The number of rotatable bonds is 4. The molecule has 0 radical (unpaired) electrons. The summed E-state index contributed by atoms with van der Waals surface area (Å²) >= 11 is 1.85. The number of thiophene rings is 1. The Balaban J connectivity index is 1.36. The summed E-state index contributed by atoms with van der Waals surface area (Å²) in [4.78, 5) is 5.34. The van der Waals surface area contributed by atoms with E-state index in [9.17, 15) is 0 Å². The molecule has 0 unspecified atom stereocenters. The highest BCUT2D eigenvalue weighted by atomic mass is 32.1. The Bertz CT molecular complexity index is 659. The van der Waals surface area contributed by atoms with Crippen molar-refractivity contribution in [3.05, 3.63) is 29.6 Å². The lowest BCUT2D eigenvalue weighted by molar-refractivity contribution is 0.169. The SMILES string of the molecule is C[C@@H]1CN(c2cccc3sccc23)CCN1CCC1CCCCC1. The number of hydrogen-bond donors (Lipinski definition) is 0. The summed E-state index contributed by atoms with van der Waals surface area (Å²) in [6.07, 6.45) is 8.80. The van der Waals surface area contributed by atoms with Gasteiger partial charge in [-0.2, -0.15) is 0 Å². The Morgan fingerprint density at radius 1 is 1.08 bits per heavy atom. The second kappa shape index (κ2) is 7.45. The molecule has 130 valence electrons. The van der Waals surface area contributed by atoms with Crippen LogP contribution >= 0.6 is 11.3 Å². The average molecular weight is 343 g/mol. The second-order valence-corrected chi connectivity index (χ2v) is 8.68. The van der Waals surface area contributed by atoms with Crippen LogP contribution in [0.15, 0.2) is 29.6 Å². The van der Waals surface area contributed by atoms with E-state index in [0.717, 1.165) is 5.92 Å². The maximum absolute atomic E-state index is 2.73. The van der Waals surface area contributed by atoms with E-state index >= 15 is 0 Å². The van der Waals surface area contributed by atoms with Crippen molar-refractivity contribution in [2.45, 2.75) is 51.5 Å². The molecular formula is C21H30N2S. The van der Waals surface area contributed by atoms with Crippen LogP contribution in [0.5, 0.6) is 0 Å². The van der Waals surface area contributed by atoms with Gasteiger partial charge in [0.05, 0.1) is 0 Å². The zero-order valence-corrected chi connectivity index (χ0v) is 15.7. The molecule has 0 bridgehead atoms. The van der Waals surface area contributed by atoms with Gasteiger partial charge in [-0.15, -0.1) is 11.3 Å². The predicted octanol–water partition coefficient (Wildman–Crippen LogP) is 5.38. The molecule has 24 heavy (non-hydrogen) atoms. The van der Waals surface area contributed by atoms with Crippen molar-refractivity contribution in [3.8, 4) is 0 Å². The minimum absolute atomic E-state index is 0.663. The Morgan fingerprint density at radius 2 is 1.96 bits per heavy atom. The molecule has 2 heterocycles. The first-order valence-corrected chi connectivity index (χ1v) is 10.6. The molecular weight excluding hydrogens is 312 g/mol. The largest absolute Gasteiger partial charge is 0.368 e. The number of hydrogen-bond acceptors (Lipinski definition) is 3. The molecule has 1 aliphatic carbocycles. The predicted molar refractivity (Wildman–Crippen MR) is 106 cm³/mol. The van der Waals surface area contributed by atoms with Crippen LogP contribution in [0.1, 0.15) is 45.4 Å². The Labute approximate surface area is 150 Å². The topological polar surface area (TPSA) is 6.48 Å². The van der Waals surface area contributed by atoms with E-state index in [1.165, 1.54) is 80.5 Å². The van der Waals surface area contributed by atoms with E-state index in [2.05, 4.69) is 46.4 Å². The highest BCUT2D eigenvalue weighted by molar-refractivity contribution is 7.17. The summed E-state index contributed by atoms with van der Waals surface area (Å²) in [5.41, 5.74) is 1.44. The average Bonchev–Trinajstić information content (AvgIpc) is 3.10. The van der Waals surface area contributed by atoms with Gasteiger partial charge in [-0.05, 0) is 49.4 Å². The Morgan fingerprint density at radius 3 is 2.79 bits per heavy atom. The molecule has 0 N–H and O–H groups in total. The maximum Gasteiger partial charge on any atom is 0.0455 e. The Kier molecular flexibility index (Phi) is 5.09. The number of benzene rings is 1. The van der Waals surface area contributed by atoms with Gasteiger partial charge in [0.2, 0.25) is 0 Å². The maximum atomic E-state index is 2.73. The quantitative estimate of drug-likeness (QED) is 0.736. The van der Waals surface area contributed by atoms with Gasteiger partial charge in [-0.25, -0.2) is 0 Å². The summed E-state index contributed by atoms with van der Waals surface area (Å²) in [7, 11) is 0. The molecule has 2 nitrogen and oxygen atoms in total. The summed E-state index contributed by atoms with van der Waals surface area (Å²) in [6, 6.07) is 9.72. The molecule has 2 aliphatic rings. The van der Waals surface area contributed by atoms with Crippen LogP contribution in [0.4, 0.5) is 5.69 Å². The highest BCUT2D eigenvalue weighted by Crippen LogP contribution is 2.32. The third-order valence-corrected chi connectivity index (χ3v) is 7.01. The molecule has 3 heteroatoms. The van der Waals surface area contributed by atoms with Crippen LogP contribution in [0.2, 0.25) is 0 Å². The highest BCUT2D eigenvalue weighted by Gasteiger charge is 2.25. The van der Waals surface area contributed by atoms with Crippen LogP contribution in [0.3, 0.4) is 0 Å². The van der Waals surface area contributed by atoms with E-state index in [1.807, 2.05) is 11.3 Å². The van der Waals surface area contributed by atoms with E-state index < -0.39 is 0 Å². The van der Waals surface area contributed by atoms with Crippen molar-refractivity contribution in [2.75, 3.05) is 31.1 Å². The molecule has 1 aliphatic heterocycles. The summed E-state index contributed by atoms with van der Waals surface area (Å²) in [5, 5.41) is 3.66. The molecule has 1 saturated heterocycles. The molecule has 1 atom stereocenters. The van der Waals surface area contributed by atoms with Crippen LogP contribution < -0.4 is 4.90 Å². The summed E-state index contributed by atoms with van der Waals surface area (Å²) in [5.74, 6) is 1.00. The molecule has 1 aromatic carbocycles. The monoisotopic (exact) mass is 342 g/mol. The summed E-state index contributed by atoms with van der Waals surface area (Å²) in [6.45, 7) is 7.28. The smallest absolute Gasteiger partial charge is 0.0455 e. The van der Waals surface area contributed by atoms with E-state index in [1.54, 1.807) is 0 Å². The lowest BCUT2D eigenvalue weighted by Crippen LogP contribution is -2.52. The number of anilines is 1. The third-order valence-electron chi connectivity index (χ3n) is 6.13. The van der Waals surface area contributed by atoms with Crippen molar-refractivity contribution in [1.82, 2.24) is 4.90 Å². The first kappa shape index (κ1) is 16.4. The number of nitrogens with zero attached hydrogens (tertiary/aromatic N) is 2. The lowest BCUT2D eigenvalue weighted by atomic mass is 9.87. The van der Waals surface area contributed by atoms with Gasteiger partial charge < -0.3 is 4.90 Å². The van der Waals surface area contributed by atoms with Crippen LogP contribution in [-0.2, 0) is 0 Å². The molecule has 4 rings (SSSR count). The van der Waals surface area contributed by atoms with E-state index in [4.69, 9.17) is 0 Å². The fourth-order valence-electron chi connectivity index (χ4n) is 4.62. The minimum Gasteiger partial charge on any atom is -0.368 e. The fourth-order valence-corrected chi connectivity index (χ4v) is 5.43. The molecule has 0 spiro atoms. The van der Waals surface area contributed by atoms with Crippen molar-refractivity contribution in [2.24, 2.45) is 5.92 Å². The van der Waals surface area contributed by atoms with Gasteiger partial charge in [0.15, 0.2) is 0 Å². The van der Waals surface area contributed by atoms with Gasteiger partial charge >= 0.3 is 0 Å². The van der Waals surface area contributed by atoms with E-state index in [0.29, 0.717) is 6.04 Å². The van der Waals surface area contributed by atoms with Crippen molar-refractivity contribution >= 4 is 27.1 Å². The molecule has 2 fully saturated rings. The molecule has 1 aromatic heterocycles. The van der Waals surface area contributed by atoms with Crippen molar-refractivity contribution in [3.63, 3.8) is 0 Å². The van der Waals surface area contributed by atoms with Gasteiger partial charge in [0.1, 0.15) is 0 Å². The van der Waals surface area contributed by atoms with Crippen LogP contribution in [0, 0.1) is 5.92 Å². The normalized spacial score (nSPS) is 23.9.